The molecule has 0 aromatic heterocycles. The molecule has 7 heteroatoms. The zero-order valence-corrected chi connectivity index (χ0v) is 16.1. The number of aliphatic hydroxyl groups is 1. The van der Waals surface area contributed by atoms with Gasteiger partial charge in [0.1, 0.15) is 0 Å². The first-order valence-corrected chi connectivity index (χ1v) is 9.59. The van der Waals surface area contributed by atoms with E-state index in [1.165, 1.54) is 0 Å². The van der Waals surface area contributed by atoms with Gasteiger partial charge in [-0.15, -0.1) is 0 Å². The van der Waals surface area contributed by atoms with Gasteiger partial charge >= 0.3 is 0 Å². The van der Waals surface area contributed by atoms with Crippen LogP contribution in [-0.4, -0.2) is 54.7 Å². The minimum absolute atomic E-state index is 0.310. The van der Waals surface area contributed by atoms with Gasteiger partial charge in [0, 0.05) is 29.2 Å². The Morgan fingerprint density at radius 3 is 2.50 bits per heavy atom. The molecule has 4 rings (SSSR count). The van der Waals surface area contributed by atoms with Gasteiger partial charge in [-0.3, -0.25) is 19.4 Å². The highest BCUT2D eigenvalue weighted by Gasteiger charge is 2.51. The first-order chi connectivity index (χ1) is 13.5. The van der Waals surface area contributed by atoms with Gasteiger partial charge in [0.05, 0.1) is 32.0 Å². The van der Waals surface area contributed by atoms with Gasteiger partial charge in [0.15, 0.2) is 11.4 Å². The van der Waals surface area contributed by atoms with E-state index in [-0.39, 0.29) is 12.2 Å². The van der Waals surface area contributed by atoms with Crippen molar-refractivity contribution in [1.29, 1.82) is 0 Å². The third-order valence-electron chi connectivity index (χ3n) is 5.27. The van der Waals surface area contributed by atoms with E-state index in [1.807, 2.05) is 6.07 Å². The van der Waals surface area contributed by atoms with Crippen molar-refractivity contribution in [3.8, 4) is 0 Å². The molecule has 0 aliphatic carbocycles. The van der Waals surface area contributed by atoms with Crippen LogP contribution in [0.4, 0.5) is 5.69 Å². The Hall–Kier alpha value is -2.25. The van der Waals surface area contributed by atoms with E-state index in [9.17, 15) is 14.7 Å². The summed E-state index contributed by atoms with van der Waals surface area (Å²) in [5, 5.41) is 11.8. The number of benzene rings is 2. The van der Waals surface area contributed by atoms with Gasteiger partial charge < -0.3 is 9.84 Å². The molecule has 1 atom stereocenters. The zero-order chi connectivity index (χ0) is 19.7. The monoisotopic (exact) mass is 400 g/mol. The van der Waals surface area contributed by atoms with Crippen molar-refractivity contribution in [3.05, 3.63) is 64.7 Å². The molecule has 28 heavy (non-hydrogen) atoms. The van der Waals surface area contributed by atoms with Crippen molar-refractivity contribution in [2.24, 2.45) is 0 Å². The lowest BCUT2D eigenvalue weighted by Crippen LogP contribution is -2.49. The Morgan fingerprint density at radius 2 is 1.79 bits per heavy atom. The minimum atomic E-state index is -1.88. The largest absolute Gasteiger partial charge is 0.379 e. The molecule has 2 aliphatic heterocycles. The molecule has 0 bridgehead atoms. The van der Waals surface area contributed by atoms with Crippen LogP contribution in [0.2, 0.25) is 5.02 Å². The Bertz CT molecular complexity index is 896. The van der Waals surface area contributed by atoms with Crippen LogP contribution in [0.3, 0.4) is 0 Å². The third-order valence-corrected chi connectivity index (χ3v) is 5.52. The van der Waals surface area contributed by atoms with Crippen LogP contribution in [-0.2, 0) is 15.1 Å². The molecule has 6 nitrogen and oxygen atoms in total. The zero-order valence-electron chi connectivity index (χ0n) is 15.3. The molecule has 0 saturated carbocycles. The maximum absolute atomic E-state index is 13.2. The van der Waals surface area contributed by atoms with E-state index in [2.05, 4.69) is 4.90 Å². The Balaban J connectivity index is 1.61. The van der Waals surface area contributed by atoms with Gasteiger partial charge in [0.25, 0.3) is 5.91 Å². The first kappa shape index (κ1) is 19.1. The number of hydrogen-bond donors (Lipinski definition) is 1. The number of amides is 1. The fourth-order valence-electron chi connectivity index (χ4n) is 3.73. The molecule has 1 amide bonds. The van der Waals surface area contributed by atoms with Crippen LogP contribution in [0.5, 0.6) is 0 Å². The number of halogens is 1. The van der Waals surface area contributed by atoms with Crippen molar-refractivity contribution in [3.63, 3.8) is 0 Å². The summed E-state index contributed by atoms with van der Waals surface area (Å²) in [4.78, 5) is 29.7. The summed E-state index contributed by atoms with van der Waals surface area (Å²) in [6.45, 7) is 3.02. The maximum Gasteiger partial charge on any atom is 0.265 e. The summed E-state index contributed by atoms with van der Waals surface area (Å²) in [7, 11) is 0. The molecular formula is C21H21ClN2O4. The number of rotatable bonds is 5. The van der Waals surface area contributed by atoms with Gasteiger partial charge in [-0.25, -0.2) is 0 Å². The van der Waals surface area contributed by atoms with Gasteiger partial charge in [-0.1, -0.05) is 29.8 Å². The molecular weight excluding hydrogens is 380 g/mol. The van der Waals surface area contributed by atoms with Crippen molar-refractivity contribution in [2.45, 2.75) is 12.0 Å². The summed E-state index contributed by atoms with van der Waals surface area (Å²) >= 11 is 5.88. The lowest BCUT2D eigenvalue weighted by Gasteiger charge is -2.31. The average Bonchev–Trinajstić information content (AvgIpc) is 2.91. The van der Waals surface area contributed by atoms with Crippen LogP contribution in [0.1, 0.15) is 22.3 Å². The van der Waals surface area contributed by atoms with E-state index >= 15 is 0 Å². The van der Waals surface area contributed by atoms with Gasteiger partial charge in [-0.2, -0.15) is 0 Å². The fraction of sp³-hybridized carbons (Fsp3) is 0.333. The highest BCUT2D eigenvalue weighted by atomic mass is 35.5. The van der Waals surface area contributed by atoms with Crippen LogP contribution in [0.25, 0.3) is 0 Å². The number of anilines is 1. The number of carbonyl (C=O) groups excluding carboxylic acids is 2. The smallest absolute Gasteiger partial charge is 0.265 e. The molecule has 1 N–H and O–H groups in total. The summed E-state index contributed by atoms with van der Waals surface area (Å²) in [5.74, 6) is -0.780. The second kappa shape index (κ2) is 7.64. The highest BCUT2D eigenvalue weighted by Crippen LogP contribution is 2.42. The number of ketones is 1. The molecule has 1 saturated heterocycles. The Morgan fingerprint density at radius 1 is 1.11 bits per heavy atom. The number of hydrogen-bond acceptors (Lipinski definition) is 5. The van der Waals surface area contributed by atoms with Crippen LogP contribution < -0.4 is 4.90 Å². The topological polar surface area (TPSA) is 70.1 Å². The first-order valence-electron chi connectivity index (χ1n) is 9.22. The molecule has 2 aliphatic rings. The second-order valence-corrected chi connectivity index (χ2v) is 7.53. The average molecular weight is 401 g/mol. The Kier molecular flexibility index (Phi) is 5.21. The number of morpholine rings is 1. The van der Waals surface area contributed by atoms with Crippen LogP contribution >= 0.6 is 11.6 Å². The van der Waals surface area contributed by atoms with Crippen molar-refractivity contribution in [2.75, 3.05) is 37.9 Å². The maximum atomic E-state index is 13.2. The molecule has 0 unspecified atom stereocenters. The lowest BCUT2D eigenvalue weighted by molar-refractivity contribution is -0.136. The predicted octanol–water partition coefficient (Wildman–Crippen LogP) is 2.44. The summed E-state index contributed by atoms with van der Waals surface area (Å²) < 4.78 is 5.36. The normalized spacial score (nSPS) is 22.4. The SMILES string of the molecule is O=C(C[C@@]1(O)C(=O)N(CN2CCOCC2)c2ccccc21)c1ccc(Cl)cc1. The van der Waals surface area contributed by atoms with Crippen molar-refractivity contribution < 1.29 is 19.4 Å². The lowest BCUT2D eigenvalue weighted by atomic mass is 9.88. The predicted molar refractivity (Wildman–Crippen MR) is 105 cm³/mol. The van der Waals surface area contributed by atoms with Gasteiger partial charge in [0.2, 0.25) is 0 Å². The number of para-hydroxylation sites is 1. The van der Waals surface area contributed by atoms with E-state index in [0.29, 0.717) is 54.8 Å². The number of Topliss-reactive ketones (excluding diaryl/α,β-unsaturated/α-hetero) is 1. The number of carbonyl (C=O) groups is 2. The van der Waals surface area contributed by atoms with Crippen LogP contribution in [0, 0.1) is 0 Å². The van der Waals surface area contributed by atoms with Crippen molar-refractivity contribution in [1.82, 2.24) is 4.90 Å². The van der Waals surface area contributed by atoms with Crippen LogP contribution in [0.15, 0.2) is 48.5 Å². The van der Waals surface area contributed by atoms with Gasteiger partial charge in [-0.05, 0) is 30.3 Å². The van der Waals surface area contributed by atoms with E-state index in [0.717, 1.165) is 0 Å². The number of ether oxygens (including phenoxy) is 1. The molecule has 0 radical (unpaired) electrons. The molecule has 146 valence electrons. The number of fused-ring (bicyclic) bond motifs is 1. The third kappa shape index (κ3) is 3.44. The molecule has 1 fully saturated rings. The standard InChI is InChI=1S/C21H21ClN2O4/c22-16-7-5-15(6-8-16)19(25)13-21(27)17-3-1-2-4-18(17)24(20(21)26)14-23-9-11-28-12-10-23/h1-8,27H,9-14H2/t21-/m0/s1. The van der Waals surface area contributed by atoms with E-state index < -0.39 is 11.5 Å². The van der Waals surface area contributed by atoms with E-state index in [4.69, 9.17) is 16.3 Å². The molecule has 2 heterocycles. The highest BCUT2D eigenvalue weighted by molar-refractivity contribution is 6.30. The van der Waals surface area contributed by atoms with Crippen molar-refractivity contribution >= 4 is 29.0 Å². The summed E-state index contributed by atoms with van der Waals surface area (Å²) in [5.41, 5.74) is -0.352. The second-order valence-electron chi connectivity index (χ2n) is 7.09. The molecule has 0 spiro atoms. The fourth-order valence-corrected chi connectivity index (χ4v) is 3.86. The van der Waals surface area contributed by atoms with E-state index in [1.54, 1.807) is 47.4 Å². The number of nitrogens with zero attached hydrogens (tertiary/aromatic N) is 2. The quantitative estimate of drug-likeness (QED) is 0.780. The summed E-state index contributed by atoms with van der Waals surface area (Å²) in [6, 6.07) is 13.5. The minimum Gasteiger partial charge on any atom is -0.379 e. The molecule has 2 aromatic carbocycles. The molecule has 2 aromatic rings. The Labute approximate surface area is 168 Å². The summed E-state index contributed by atoms with van der Waals surface area (Å²) in [6.07, 6.45) is -0.315.